The van der Waals surface area contributed by atoms with Crippen molar-refractivity contribution in [3.63, 3.8) is 0 Å². The van der Waals surface area contributed by atoms with Crippen LogP contribution >= 0.6 is 0 Å². The molecule has 2 aromatic carbocycles. The maximum atomic E-state index is 13.2. The first-order valence-corrected chi connectivity index (χ1v) is 6.17. The summed E-state index contributed by atoms with van der Waals surface area (Å²) in [7, 11) is 0. The van der Waals surface area contributed by atoms with Crippen molar-refractivity contribution < 1.29 is 14.2 Å². The molecule has 0 spiro atoms. The molecule has 2 rings (SSSR count). The van der Waals surface area contributed by atoms with Crippen LogP contribution in [0.1, 0.15) is 29.7 Å². The van der Waals surface area contributed by atoms with Crippen molar-refractivity contribution in [2.24, 2.45) is 0 Å². The second kappa shape index (κ2) is 5.72. The quantitative estimate of drug-likeness (QED) is 0.922. The van der Waals surface area contributed by atoms with E-state index in [0.29, 0.717) is 28.2 Å². The zero-order chi connectivity index (χ0) is 14.7. The van der Waals surface area contributed by atoms with Gasteiger partial charge in [0.1, 0.15) is 17.3 Å². The molecule has 102 valence electrons. The summed E-state index contributed by atoms with van der Waals surface area (Å²) in [5, 5.41) is 18.6. The van der Waals surface area contributed by atoms with Crippen LogP contribution in [0.2, 0.25) is 0 Å². The number of nitrogens with zero attached hydrogens (tertiary/aromatic N) is 1. The maximum absolute atomic E-state index is 13.2. The molecule has 0 heterocycles. The molecule has 0 aliphatic rings. The van der Waals surface area contributed by atoms with Crippen molar-refractivity contribution >= 4 is 0 Å². The van der Waals surface area contributed by atoms with Gasteiger partial charge in [-0.2, -0.15) is 5.26 Å². The lowest BCUT2D eigenvalue weighted by Gasteiger charge is -2.14. The molecule has 1 atom stereocenters. The van der Waals surface area contributed by atoms with Crippen LogP contribution in [-0.2, 0) is 0 Å². The molecule has 0 radical (unpaired) electrons. The fraction of sp³-hybridized carbons (Fsp3) is 0.188. The Labute approximate surface area is 116 Å². The number of benzene rings is 2. The van der Waals surface area contributed by atoms with Crippen molar-refractivity contribution in [2.75, 3.05) is 0 Å². The van der Waals surface area contributed by atoms with Crippen molar-refractivity contribution in [1.29, 1.82) is 5.26 Å². The molecule has 20 heavy (non-hydrogen) atoms. The monoisotopic (exact) mass is 271 g/mol. The molecule has 2 aromatic rings. The number of nitriles is 1. The number of hydrogen-bond donors (Lipinski definition) is 1. The molecule has 0 aromatic heterocycles. The second-order valence-electron chi connectivity index (χ2n) is 4.55. The Morgan fingerprint density at radius 2 is 2.00 bits per heavy atom. The normalized spacial score (nSPS) is 11.8. The van der Waals surface area contributed by atoms with Crippen LogP contribution in [0.3, 0.4) is 0 Å². The van der Waals surface area contributed by atoms with Crippen LogP contribution in [0.25, 0.3) is 0 Å². The van der Waals surface area contributed by atoms with Crippen LogP contribution in [0.15, 0.2) is 36.4 Å². The Balaban J connectivity index is 2.40. The molecule has 4 heteroatoms. The number of rotatable bonds is 3. The van der Waals surface area contributed by atoms with Gasteiger partial charge < -0.3 is 9.84 Å². The minimum absolute atomic E-state index is 0.307. The van der Waals surface area contributed by atoms with E-state index in [9.17, 15) is 9.50 Å². The number of aryl methyl sites for hydroxylation is 1. The van der Waals surface area contributed by atoms with Crippen LogP contribution in [0.4, 0.5) is 4.39 Å². The van der Waals surface area contributed by atoms with Gasteiger partial charge in [-0.3, -0.25) is 0 Å². The van der Waals surface area contributed by atoms with Crippen LogP contribution in [-0.4, -0.2) is 5.11 Å². The number of aliphatic hydroxyl groups is 1. The Morgan fingerprint density at radius 1 is 1.25 bits per heavy atom. The molecule has 0 aliphatic carbocycles. The third kappa shape index (κ3) is 2.95. The lowest BCUT2D eigenvalue weighted by molar-refractivity contribution is 0.195. The minimum atomic E-state index is -0.723. The van der Waals surface area contributed by atoms with Crippen molar-refractivity contribution in [3.05, 3.63) is 58.9 Å². The number of ether oxygens (including phenoxy) is 1. The van der Waals surface area contributed by atoms with Crippen molar-refractivity contribution in [3.8, 4) is 17.6 Å². The first kappa shape index (κ1) is 14.0. The van der Waals surface area contributed by atoms with Gasteiger partial charge in [-0.25, -0.2) is 4.39 Å². The van der Waals surface area contributed by atoms with E-state index in [0.717, 1.165) is 0 Å². The molecular formula is C16H14FNO2. The first-order chi connectivity index (χ1) is 9.51. The lowest BCUT2D eigenvalue weighted by Crippen LogP contribution is -1.97. The molecule has 0 bridgehead atoms. The zero-order valence-corrected chi connectivity index (χ0v) is 11.2. The number of halogens is 1. The van der Waals surface area contributed by atoms with E-state index in [4.69, 9.17) is 10.00 Å². The highest BCUT2D eigenvalue weighted by Crippen LogP contribution is 2.31. The highest BCUT2D eigenvalue weighted by molar-refractivity contribution is 5.46. The Morgan fingerprint density at radius 3 is 2.60 bits per heavy atom. The third-order valence-corrected chi connectivity index (χ3v) is 2.95. The zero-order valence-electron chi connectivity index (χ0n) is 11.2. The fourth-order valence-electron chi connectivity index (χ4n) is 1.85. The van der Waals surface area contributed by atoms with E-state index in [1.165, 1.54) is 12.1 Å². The summed E-state index contributed by atoms with van der Waals surface area (Å²) in [5.41, 5.74) is 1.48. The van der Waals surface area contributed by atoms with Crippen LogP contribution in [0.5, 0.6) is 11.5 Å². The molecule has 1 N–H and O–H groups in total. The largest absolute Gasteiger partial charge is 0.457 e. The van der Waals surface area contributed by atoms with Gasteiger partial charge in [0, 0.05) is 5.56 Å². The molecule has 0 saturated heterocycles. The van der Waals surface area contributed by atoms with Gasteiger partial charge in [-0.15, -0.1) is 0 Å². The Kier molecular flexibility index (Phi) is 4.02. The molecule has 1 unspecified atom stereocenters. The standard InChI is InChI=1S/C16H14FNO2/c1-10-7-13(4-6-15(10)17)20-16-8-12(9-18)3-5-14(16)11(2)19/h3-8,11,19H,1-2H3. The summed E-state index contributed by atoms with van der Waals surface area (Å²) >= 11 is 0. The van der Waals surface area contributed by atoms with E-state index >= 15 is 0 Å². The lowest BCUT2D eigenvalue weighted by atomic mass is 10.1. The Bertz CT molecular complexity index is 675. The van der Waals surface area contributed by atoms with Crippen molar-refractivity contribution in [2.45, 2.75) is 20.0 Å². The second-order valence-corrected chi connectivity index (χ2v) is 4.55. The van der Waals surface area contributed by atoms with Gasteiger partial charge in [-0.1, -0.05) is 6.07 Å². The van der Waals surface area contributed by atoms with E-state index in [1.807, 2.05) is 6.07 Å². The smallest absolute Gasteiger partial charge is 0.134 e. The SMILES string of the molecule is Cc1cc(Oc2cc(C#N)ccc2C(C)O)ccc1F. The fourth-order valence-corrected chi connectivity index (χ4v) is 1.85. The van der Waals surface area contributed by atoms with Gasteiger partial charge in [0.05, 0.1) is 17.7 Å². The third-order valence-electron chi connectivity index (χ3n) is 2.95. The predicted octanol–water partition coefficient (Wildman–Crippen LogP) is 3.85. The average Bonchev–Trinajstić information content (AvgIpc) is 2.42. The van der Waals surface area contributed by atoms with Gasteiger partial charge >= 0.3 is 0 Å². The summed E-state index contributed by atoms with van der Waals surface area (Å²) in [6, 6.07) is 11.2. The van der Waals surface area contributed by atoms with Gasteiger partial charge in [0.2, 0.25) is 0 Å². The molecule has 0 aliphatic heterocycles. The van der Waals surface area contributed by atoms with Crippen LogP contribution < -0.4 is 4.74 Å². The highest BCUT2D eigenvalue weighted by Gasteiger charge is 2.12. The van der Waals surface area contributed by atoms with Crippen molar-refractivity contribution in [1.82, 2.24) is 0 Å². The van der Waals surface area contributed by atoms with Gasteiger partial charge in [-0.05, 0) is 49.7 Å². The maximum Gasteiger partial charge on any atom is 0.134 e. The highest BCUT2D eigenvalue weighted by atomic mass is 19.1. The summed E-state index contributed by atoms with van der Waals surface area (Å²) in [4.78, 5) is 0. The van der Waals surface area contributed by atoms with E-state index in [2.05, 4.69) is 0 Å². The average molecular weight is 271 g/mol. The first-order valence-electron chi connectivity index (χ1n) is 6.17. The summed E-state index contributed by atoms with van der Waals surface area (Å²) < 4.78 is 18.9. The van der Waals surface area contributed by atoms with Gasteiger partial charge in [0.15, 0.2) is 0 Å². The molecule has 0 fully saturated rings. The van der Waals surface area contributed by atoms with Gasteiger partial charge in [0.25, 0.3) is 0 Å². The topological polar surface area (TPSA) is 53.2 Å². The molecular weight excluding hydrogens is 257 g/mol. The van der Waals surface area contributed by atoms with E-state index in [1.54, 1.807) is 38.1 Å². The summed E-state index contributed by atoms with van der Waals surface area (Å²) in [6.07, 6.45) is -0.723. The predicted molar refractivity (Wildman–Crippen MR) is 73.0 cm³/mol. The summed E-state index contributed by atoms with van der Waals surface area (Å²) in [6.45, 7) is 3.26. The number of hydrogen-bond acceptors (Lipinski definition) is 3. The molecule has 3 nitrogen and oxygen atoms in total. The van der Waals surface area contributed by atoms with E-state index < -0.39 is 6.10 Å². The Hall–Kier alpha value is -2.38. The molecule has 0 saturated carbocycles. The summed E-state index contributed by atoms with van der Waals surface area (Å²) in [5.74, 6) is 0.546. The minimum Gasteiger partial charge on any atom is -0.457 e. The van der Waals surface area contributed by atoms with E-state index in [-0.39, 0.29) is 5.82 Å². The molecule has 0 amide bonds. The van der Waals surface area contributed by atoms with Crippen LogP contribution in [0, 0.1) is 24.1 Å². The number of aliphatic hydroxyl groups excluding tert-OH is 1.